The van der Waals surface area contributed by atoms with Gasteiger partial charge in [0, 0.05) is 23.0 Å². The molecule has 0 bridgehead atoms. The summed E-state index contributed by atoms with van der Waals surface area (Å²) in [5, 5.41) is 3.11. The lowest BCUT2D eigenvalue weighted by atomic mass is 9.99. The number of hydrogen-bond donors (Lipinski definition) is 1. The average molecular weight is 280 g/mol. The average Bonchev–Trinajstić information content (AvgIpc) is 2.71. The van der Waals surface area contributed by atoms with Crippen molar-refractivity contribution in [2.75, 3.05) is 13.7 Å². The Hall–Kier alpha value is -0.940. The molecule has 1 aromatic rings. The fraction of sp³-hybridized carbons (Fsp3) is 0.500. The minimum atomic E-state index is -4.23. The molecule has 0 radical (unpaired) electrons. The minimum absolute atomic E-state index is 0.441. The fourth-order valence-corrected chi connectivity index (χ4v) is 2.41. The monoisotopic (exact) mass is 279 g/mol. The second-order valence-electron chi connectivity index (χ2n) is 4.24. The minimum Gasteiger partial charge on any atom is -0.493 e. The molecule has 6 heteroatoms. The molecule has 0 saturated heterocycles. The van der Waals surface area contributed by atoms with Gasteiger partial charge in [-0.05, 0) is 24.7 Å². The Balaban J connectivity index is 2.36. The molecule has 0 amide bonds. The van der Waals surface area contributed by atoms with Gasteiger partial charge in [-0.25, -0.2) is 0 Å². The van der Waals surface area contributed by atoms with Crippen molar-refractivity contribution in [2.45, 2.75) is 25.1 Å². The van der Waals surface area contributed by atoms with Crippen LogP contribution in [0.3, 0.4) is 0 Å². The van der Waals surface area contributed by atoms with Gasteiger partial charge in [0.15, 0.2) is 0 Å². The normalized spacial score (nSPS) is 16.3. The van der Waals surface area contributed by atoms with Crippen LogP contribution in [0.25, 0.3) is 0 Å². The molecule has 0 spiro atoms. The Morgan fingerprint density at radius 1 is 1.44 bits per heavy atom. The van der Waals surface area contributed by atoms with Crippen molar-refractivity contribution in [1.29, 1.82) is 0 Å². The summed E-state index contributed by atoms with van der Waals surface area (Å²) in [7, 11) is 1.50. The van der Waals surface area contributed by atoms with Crippen LogP contribution in [0.1, 0.15) is 23.6 Å². The van der Waals surface area contributed by atoms with E-state index in [-0.39, 0.29) is 0 Å². The molecule has 1 atom stereocenters. The zero-order valence-corrected chi connectivity index (χ0v) is 10.5. The standard InChI is InChI=1S/C12H13ClF3NO/c1-17-10(6-12(14,15)16)9-5-8(13)4-7-2-3-18-11(7)9/h4-5,10,17H,2-3,6H2,1H3. The predicted octanol–water partition coefficient (Wildman–Crippen LogP) is 3.49. The molecule has 1 unspecified atom stereocenters. The summed E-state index contributed by atoms with van der Waals surface area (Å²) in [6.07, 6.45) is -4.49. The van der Waals surface area contributed by atoms with Crippen molar-refractivity contribution in [2.24, 2.45) is 0 Å². The second kappa shape index (κ2) is 4.97. The lowest BCUT2D eigenvalue weighted by Gasteiger charge is -2.21. The summed E-state index contributed by atoms with van der Waals surface area (Å²) in [4.78, 5) is 0. The third kappa shape index (κ3) is 2.90. The molecule has 2 nitrogen and oxygen atoms in total. The fourth-order valence-electron chi connectivity index (χ4n) is 2.16. The van der Waals surface area contributed by atoms with Gasteiger partial charge in [-0.3, -0.25) is 0 Å². The molecule has 1 heterocycles. The van der Waals surface area contributed by atoms with Crippen LogP contribution in [0, 0.1) is 0 Å². The van der Waals surface area contributed by atoms with Crippen LogP contribution < -0.4 is 10.1 Å². The van der Waals surface area contributed by atoms with Crippen LogP contribution in [0.2, 0.25) is 5.02 Å². The molecule has 1 aliphatic rings. The van der Waals surface area contributed by atoms with E-state index in [1.165, 1.54) is 7.05 Å². The number of rotatable bonds is 3. The topological polar surface area (TPSA) is 21.3 Å². The molecular formula is C12H13ClF3NO. The van der Waals surface area contributed by atoms with Crippen LogP contribution in [0.5, 0.6) is 5.75 Å². The Morgan fingerprint density at radius 2 is 2.17 bits per heavy atom. The second-order valence-corrected chi connectivity index (χ2v) is 4.68. The van der Waals surface area contributed by atoms with E-state index in [1.807, 2.05) is 0 Å². The van der Waals surface area contributed by atoms with E-state index in [9.17, 15) is 13.2 Å². The first-order chi connectivity index (χ1) is 8.40. The number of alkyl halides is 3. The molecule has 100 valence electrons. The lowest BCUT2D eigenvalue weighted by molar-refractivity contribution is -0.140. The quantitative estimate of drug-likeness (QED) is 0.914. The molecule has 0 saturated carbocycles. The largest absolute Gasteiger partial charge is 0.493 e. The Kier molecular flexibility index (Phi) is 3.73. The van der Waals surface area contributed by atoms with Gasteiger partial charge >= 0.3 is 6.18 Å². The maximum Gasteiger partial charge on any atom is 0.390 e. The lowest BCUT2D eigenvalue weighted by Crippen LogP contribution is -2.24. The smallest absolute Gasteiger partial charge is 0.390 e. The van der Waals surface area contributed by atoms with Crippen molar-refractivity contribution in [3.05, 3.63) is 28.3 Å². The summed E-state index contributed by atoms with van der Waals surface area (Å²) >= 11 is 5.94. The molecule has 2 rings (SSSR count). The highest BCUT2D eigenvalue weighted by Gasteiger charge is 2.34. The summed E-state index contributed by atoms with van der Waals surface area (Å²) in [5.74, 6) is 0.544. The first-order valence-corrected chi connectivity index (χ1v) is 5.97. The van der Waals surface area contributed by atoms with E-state index in [2.05, 4.69) is 5.32 Å². The third-order valence-electron chi connectivity index (χ3n) is 2.94. The van der Waals surface area contributed by atoms with E-state index in [4.69, 9.17) is 16.3 Å². The molecular weight excluding hydrogens is 267 g/mol. The van der Waals surface area contributed by atoms with Gasteiger partial charge in [0.1, 0.15) is 5.75 Å². The maximum absolute atomic E-state index is 12.5. The van der Waals surface area contributed by atoms with Gasteiger partial charge in [-0.1, -0.05) is 11.6 Å². The maximum atomic E-state index is 12.5. The van der Waals surface area contributed by atoms with Crippen LogP contribution in [0.4, 0.5) is 13.2 Å². The Labute approximate surface area is 108 Å². The highest BCUT2D eigenvalue weighted by molar-refractivity contribution is 6.30. The number of fused-ring (bicyclic) bond motifs is 1. The van der Waals surface area contributed by atoms with E-state index in [1.54, 1.807) is 12.1 Å². The molecule has 1 N–H and O–H groups in total. The number of hydrogen-bond acceptors (Lipinski definition) is 2. The van der Waals surface area contributed by atoms with Crippen LogP contribution in [-0.4, -0.2) is 19.8 Å². The number of ether oxygens (including phenoxy) is 1. The van der Waals surface area contributed by atoms with E-state index in [0.717, 1.165) is 5.56 Å². The Bertz CT molecular complexity index is 448. The predicted molar refractivity (Wildman–Crippen MR) is 63.1 cm³/mol. The highest BCUT2D eigenvalue weighted by Crippen LogP contribution is 2.39. The Morgan fingerprint density at radius 3 is 2.78 bits per heavy atom. The van der Waals surface area contributed by atoms with Crippen molar-refractivity contribution in [3.8, 4) is 5.75 Å². The molecule has 0 fully saturated rings. The molecule has 1 aliphatic heterocycles. The summed E-state index contributed by atoms with van der Waals surface area (Å²) < 4.78 is 43.0. The first-order valence-electron chi connectivity index (χ1n) is 5.60. The van der Waals surface area contributed by atoms with Gasteiger partial charge in [0.05, 0.1) is 13.0 Å². The van der Waals surface area contributed by atoms with Gasteiger partial charge in [0.25, 0.3) is 0 Å². The van der Waals surface area contributed by atoms with E-state index >= 15 is 0 Å². The number of nitrogens with one attached hydrogen (secondary N) is 1. The van der Waals surface area contributed by atoms with Crippen LogP contribution >= 0.6 is 11.6 Å². The van der Waals surface area contributed by atoms with E-state index in [0.29, 0.717) is 29.4 Å². The van der Waals surface area contributed by atoms with Gasteiger partial charge < -0.3 is 10.1 Å². The highest BCUT2D eigenvalue weighted by atomic mass is 35.5. The van der Waals surface area contributed by atoms with Crippen molar-refractivity contribution < 1.29 is 17.9 Å². The summed E-state index contributed by atoms with van der Waals surface area (Å²) in [6.45, 7) is 0.491. The van der Waals surface area contributed by atoms with Crippen molar-refractivity contribution in [3.63, 3.8) is 0 Å². The van der Waals surface area contributed by atoms with Crippen molar-refractivity contribution >= 4 is 11.6 Å². The van der Waals surface area contributed by atoms with Crippen molar-refractivity contribution in [1.82, 2.24) is 5.32 Å². The summed E-state index contributed by atoms with van der Waals surface area (Å²) in [6, 6.07) is 2.45. The zero-order valence-electron chi connectivity index (χ0n) is 9.77. The third-order valence-corrected chi connectivity index (χ3v) is 3.15. The van der Waals surface area contributed by atoms with Crippen LogP contribution in [0.15, 0.2) is 12.1 Å². The van der Waals surface area contributed by atoms with Crippen LogP contribution in [-0.2, 0) is 6.42 Å². The SMILES string of the molecule is CNC(CC(F)(F)F)c1cc(Cl)cc2c1OCC2. The number of halogens is 4. The van der Waals surface area contributed by atoms with Gasteiger partial charge in [-0.15, -0.1) is 0 Å². The molecule has 1 aromatic carbocycles. The first kappa shape index (κ1) is 13.5. The zero-order chi connectivity index (χ0) is 13.3. The number of benzene rings is 1. The van der Waals surface area contributed by atoms with E-state index < -0.39 is 18.6 Å². The van der Waals surface area contributed by atoms with Gasteiger partial charge in [0.2, 0.25) is 0 Å². The summed E-state index contributed by atoms with van der Waals surface area (Å²) in [5.41, 5.74) is 1.36. The molecule has 18 heavy (non-hydrogen) atoms. The van der Waals surface area contributed by atoms with Gasteiger partial charge in [-0.2, -0.15) is 13.2 Å². The molecule has 0 aromatic heterocycles. The molecule has 0 aliphatic carbocycles.